The Morgan fingerprint density at radius 2 is 1.79 bits per heavy atom. The summed E-state index contributed by atoms with van der Waals surface area (Å²) in [5, 5.41) is 2.62. The molecule has 1 heterocycles. The zero-order valence-electron chi connectivity index (χ0n) is 20.7. The van der Waals surface area contributed by atoms with Gasteiger partial charge >= 0.3 is 12.2 Å². The average Bonchev–Trinajstić information content (AvgIpc) is 3.02. The maximum Gasteiger partial charge on any atom is 0.509 e. The first-order valence-electron chi connectivity index (χ1n) is 11.0. The highest BCUT2D eigenvalue weighted by Crippen LogP contribution is 2.37. The van der Waals surface area contributed by atoms with Crippen molar-refractivity contribution >= 4 is 20.6 Å². The van der Waals surface area contributed by atoms with Gasteiger partial charge in [0, 0.05) is 11.6 Å². The lowest BCUT2D eigenvalue weighted by atomic mass is 10.0. The summed E-state index contributed by atoms with van der Waals surface area (Å²) in [6, 6.07) is 3.96. The lowest BCUT2D eigenvalue weighted by Gasteiger charge is -2.36. The number of alkyl carbamates (subject to hydrolysis) is 1. The number of cyclic esters (lactones) is 2. The number of benzene rings is 1. The number of halogens is 1. The molecule has 2 atom stereocenters. The van der Waals surface area contributed by atoms with Crippen LogP contribution in [0.15, 0.2) is 18.2 Å². The van der Waals surface area contributed by atoms with E-state index in [1.54, 1.807) is 20.8 Å². The van der Waals surface area contributed by atoms with Gasteiger partial charge in [0.1, 0.15) is 23.8 Å². The van der Waals surface area contributed by atoms with Gasteiger partial charge in [0.05, 0.1) is 13.2 Å². The van der Waals surface area contributed by atoms with Crippen LogP contribution in [-0.4, -0.2) is 52.0 Å². The number of carbonyl (C=O) groups is 2. The fraction of sp³-hybridized carbons (Fsp3) is 0.652. The van der Waals surface area contributed by atoms with Gasteiger partial charge in [-0.25, -0.2) is 14.0 Å². The van der Waals surface area contributed by atoms with Crippen molar-refractivity contribution in [2.24, 2.45) is 0 Å². The molecule has 0 radical (unpaired) electrons. The van der Waals surface area contributed by atoms with Gasteiger partial charge < -0.3 is 28.7 Å². The Labute approximate surface area is 196 Å². The average molecular weight is 486 g/mol. The molecule has 33 heavy (non-hydrogen) atoms. The van der Waals surface area contributed by atoms with Crippen LogP contribution in [0.25, 0.3) is 0 Å². The maximum atomic E-state index is 14.0. The van der Waals surface area contributed by atoms with Gasteiger partial charge in [0.25, 0.3) is 0 Å². The molecule has 1 fully saturated rings. The van der Waals surface area contributed by atoms with Gasteiger partial charge in [-0.05, 0) is 51.0 Å². The molecule has 0 spiro atoms. The molecule has 10 heteroatoms. The molecule has 1 aliphatic rings. The Balaban J connectivity index is 2.07. The van der Waals surface area contributed by atoms with Crippen LogP contribution >= 0.6 is 0 Å². The molecule has 1 saturated heterocycles. The Bertz CT molecular complexity index is 848. The monoisotopic (exact) mass is 485 g/mol. The Morgan fingerprint density at radius 3 is 2.39 bits per heavy atom. The number of hydrogen-bond acceptors (Lipinski definition) is 7. The molecular formula is C23H36FNO7Si. The van der Waals surface area contributed by atoms with E-state index in [-0.39, 0.29) is 23.9 Å². The van der Waals surface area contributed by atoms with Crippen LogP contribution in [0.5, 0.6) is 5.75 Å². The van der Waals surface area contributed by atoms with Crippen LogP contribution in [0.4, 0.5) is 14.0 Å². The molecule has 1 N–H and O–H groups in total. The van der Waals surface area contributed by atoms with E-state index < -0.39 is 44.2 Å². The molecule has 0 unspecified atom stereocenters. The van der Waals surface area contributed by atoms with Crippen LogP contribution < -0.4 is 10.1 Å². The molecule has 1 amide bonds. The molecular weight excluding hydrogens is 449 g/mol. The Morgan fingerprint density at radius 1 is 1.12 bits per heavy atom. The van der Waals surface area contributed by atoms with Gasteiger partial charge in [-0.15, -0.1) is 0 Å². The van der Waals surface area contributed by atoms with Gasteiger partial charge in [0.15, 0.2) is 20.5 Å². The number of amides is 1. The van der Waals surface area contributed by atoms with Crippen molar-refractivity contribution in [3.8, 4) is 5.75 Å². The van der Waals surface area contributed by atoms with Crippen molar-refractivity contribution in [3.05, 3.63) is 29.6 Å². The van der Waals surface area contributed by atoms with Crippen LogP contribution in [-0.2, 0) is 18.6 Å². The predicted octanol–water partition coefficient (Wildman–Crippen LogP) is 5.33. The molecule has 1 aromatic rings. The van der Waals surface area contributed by atoms with E-state index in [1.165, 1.54) is 18.2 Å². The largest absolute Gasteiger partial charge is 0.509 e. The van der Waals surface area contributed by atoms with Crippen molar-refractivity contribution in [3.63, 3.8) is 0 Å². The van der Waals surface area contributed by atoms with Gasteiger partial charge in [-0.3, -0.25) is 0 Å². The molecule has 1 aromatic carbocycles. The molecule has 0 aliphatic carbocycles. The summed E-state index contributed by atoms with van der Waals surface area (Å²) < 4.78 is 41.6. The highest BCUT2D eigenvalue weighted by Gasteiger charge is 2.40. The van der Waals surface area contributed by atoms with Gasteiger partial charge in [0.2, 0.25) is 0 Å². The summed E-state index contributed by atoms with van der Waals surface area (Å²) in [4.78, 5) is 23.8. The summed E-state index contributed by atoms with van der Waals surface area (Å²) in [6.07, 6.45) is -3.25. The normalized spacial score (nSPS) is 19.0. The standard InChI is InChI=1S/C23H36FNO7Si/c1-22(2,3)32-20(26)25-14-18-19(31-21(27)30-18)16-10-9-15(24)13-17(16)28-11-12-29-33(7,8)23(4,5)6/h9-10,13,18-19H,11-12,14H2,1-8H3,(H,25,26)/t18-,19-/m1/s1. The first-order valence-corrected chi connectivity index (χ1v) is 13.9. The summed E-state index contributed by atoms with van der Waals surface area (Å²) in [6.45, 7) is 16.4. The van der Waals surface area contributed by atoms with Crippen LogP contribution in [0.3, 0.4) is 0 Å². The minimum absolute atomic E-state index is 0.0450. The lowest BCUT2D eigenvalue weighted by molar-refractivity contribution is 0.0486. The van der Waals surface area contributed by atoms with Crippen molar-refractivity contribution in [2.75, 3.05) is 19.8 Å². The van der Waals surface area contributed by atoms with E-state index in [4.69, 9.17) is 23.4 Å². The van der Waals surface area contributed by atoms with Crippen LogP contribution in [0.1, 0.15) is 53.2 Å². The maximum absolute atomic E-state index is 14.0. The number of nitrogens with one attached hydrogen (secondary N) is 1. The van der Waals surface area contributed by atoms with E-state index in [9.17, 15) is 14.0 Å². The predicted molar refractivity (Wildman–Crippen MR) is 123 cm³/mol. The fourth-order valence-electron chi connectivity index (χ4n) is 2.84. The molecule has 2 rings (SSSR count). The highest BCUT2D eigenvalue weighted by atomic mass is 28.4. The lowest BCUT2D eigenvalue weighted by Crippen LogP contribution is -2.41. The van der Waals surface area contributed by atoms with Crippen molar-refractivity contribution in [1.29, 1.82) is 0 Å². The third-order valence-electron chi connectivity index (χ3n) is 5.55. The first kappa shape index (κ1) is 26.9. The highest BCUT2D eigenvalue weighted by molar-refractivity contribution is 6.74. The van der Waals surface area contributed by atoms with E-state index in [0.29, 0.717) is 12.2 Å². The Kier molecular flexibility index (Phi) is 8.40. The van der Waals surface area contributed by atoms with Crippen molar-refractivity contribution in [2.45, 2.75) is 77.5 Å². The molecule has 186 valence electrons. The molecule has 8 nitrogen and oxygen atoms in total. The molecule has 0 bridgehead atoms. The SMILES string of the molecule is CC(C)(C)OC(=O)NC[C@H]1OC(=O)O[C@@H]1c1ccc(F)cc1OCCO[Si](C)(C)C(C)(C)C. The quantitative estimate of drug-likeness (QED) is 0.302. The van der Waals surface area contributed by atoms with E-state index in [1.807, 2.05) is 0 Å². The van der Waals surface area contributed by atoms with Gasteiger partial charge in [-0.2, -0.15) is 0 Å². The summed E-state index contributed by atoms with van der Waals surface area (Å²) in [5.74, 6) is -0.271. The van der Waals surface area contributed by atoms with Gasteiger partial charge in [-0.1, -0.05) is 20.8 Å². The third-order valence-corrected chi connectivity index (χ3v) is 10.1. The zero-order valence-corrected chi connectivity index (χ0v) is 21.7. The fourth-order valence-corrected chi connectivity index (χ4v) is 3.86. The molecule has 0 saturated carbocycles. The van der Waals surface area contributed by atoms with Crippen molar-refractivity contribution in [1.82, 2.24) is 5.32 Å². The van der Waals surface area contributed by atoms with E-state index in [0.717, 1.165) is 0 Å². The van der Waals surface area contributed by atoms with Crippen LogP contribution in [0, 0.1) is 5.82 Å². The van der Waals surface area contributed by atoms with E-state index in [2.05, 4.69) is 39.2 Å². The zero-order chi connectivity index (χ0) is 25.0. The number of hydrogen-bond donors (Lipinski definition) is 1. The minimum atomic E-state index is -1.95. The molecule has 1 aliphatic heterocycles. The van der Waals surface area contributed by atoms with Crippen molar-refractivity contribution < 1.29 is 37.4 Å². The third kappa shape index (κ3) is 7.88. The topological polar surface area (TPSA) is 92.3 Å². The number of rotatable bonds is 8. The second kappa shape index (κ2) is 10.3. The summed E-state index contributed by atoms with van der Waals surface area (Å²) in [7, 11) is -1.95. The summed E-state index contributed by atoms with van der Waals surface area (Å²) in [5.41, 5.74) is -0.234. The van der Waals surface area contributed by atoms with E-state index >= 15 is 0 Å². The second-order valence-electron chi connectivity index (χ2n) is 10.5. The number of carbonyl (C=O) groups excluding carboxylic acids is 2. The molecule has 0 aromatic heterocycles. The smallest absolute Gasteiger partial charge is 0.491 e. The Hall–Kier alpha value is -2.33. The summed E-state index contributed by atoms with van der Waals surface area (Å²) >= 11 is 0. The number of ether oxygens (including phenoxy) is 4. The second-order valence-corrected chi connectivity index (χ2v) is 15.3. The first-order chi connectivity index (χ1) is 15.1. The minimum Gasteiger partial charge on any atom is -0.491 e. The van der Waals surface area contributed by atoms with Crippen LogP contribution in [0.2, 0.25) is 18.1 Å².